The molecule has 2 aromatic rings. The van der Waals surface area contributed by atoms with Crippen LogP contribution >= 0.6 is 15.9 Å². The maximum atomic E-state index is 13.9. The zero-order valence-corrected chi connectivity index (χ0v) is 11.3. The van der Waals surface area contributed by atoms with Crippen LogP contribution in [-0.4, -0.2) is 16.9 Å². The van der Waals surface area contributed by atoms with E-state index in [2.05, 4.69) is 21.0 Å². The van der Waals surface area contributed by atoms with Crippen molar-refractivity contribution in [3.05, 3.63) is 28.2 Å². The molecule has 0 amide bonds. The third-order valence-corrected chi connectivity index (χ3v) is 3.10. The van der Waals surface area contributed by atoms with E-state index in [0.29, 0.717) is 10.3 Å². The summed E-state index contributed by atoms with van der Waals surface area (Å²) in [7, 11) is 2.88. The van der Waals surface area contributed by atoms with Crippen LogP contribution in [0, 0.1) is 11.6 Å². The lowest BCUT2D eigenvalue weighted by Gasteiger charge is -2.08. The van der Waals surface area contributed by atoms with E-state index in [9.17, 15) is 8.78 Å². The fourth-order valence-corrected chi connectivity index (χ4v) is 2.13. The topological polar surface area (TPSA) is 53.1 Å². The van der Waals surface area contributed by atoms with Gasteiger partial charge in [-0.3, -0.25) is 4.68 Å². The monoisotopic (exact) mass is 317 g/mol. The second-order valence-electron chi connectivity index (χ2n) is 3.65. The van der Waals surface area contributed by atoms with Gasteiger partial charge in [0.1, 0.15) is 5.82 Å². The van der Waals surface area contributed by atoms with E-state index in [1.807, 2.05) is 0 Å². The Hall–Kier alpha value is -1.63. The number of aromatic nitrogens is 2. The summed E-state index contributed by atoms with van der Waals surface area (Å²) in [5.74, 6) is -1.91. The highest BCUT2D eigenvalue weighted by Crippen LogP contribution is 2.36. The molecule has 0 unspecified atom stereocenters. The summed E-state index contributed by atoms with van der Waals surface area (Å²) >= 11 is 3.12. The third kappa shape index (κ3) is 1.94. The maximum absolute atomic E-state index is 13.9. The second kappa shape index (κ2) is 4.56. The fourth-order valence-electron chi connectivity index (χ4n) is 1.57. The first-order valence-electron chi connectivity index (χ1n) is 4.97. The fraction of sp³-hybridized carbons (Fsp3) is 0.182. The number of hydrogen-bond acceptors (Lipinski definition) is 3. The van der Waals surface area contributed by atoms with Gasteiger partial charge >= 0.3 is 0 Å². The molecule has 0 atom stereocenters. The summed E-state index contributed by atoms with van der Waals surface area (Å²) in [6.45, 7) is 0. The molecule has 1 aromatic carbocycles. The summed E-state index contributed by atoms with van der Waals surface area (Å²) in [6, 6.07) is 2.87. The van der Waals surface area contributed by atoms with Crippen molar-refractivity contribution in [1.82, 2.24) is 9.78 Å². The average molecular weight is 318 g/mol. The Morgan fingerprint density at radius 2 is 2.00 bits per heavy atom. The van der Waals surface area contributed by atoms with Gasteiger partial charge in [0.15, 0.2) is 11.6 Å². The molecule has 0 saturated heterocycles. The lowest BCUT2D eigenvalue weighted by Crippen LogP contribution is -1.98. The molecule has 0 aliphatic carbocycles. The number of anilines is 1. The molecule has 2 rings (SSSR count). The normalized spacial score (nSPS) is 10.7. The molecule has 0 fully saturated rings. The number of halogens is 3. The predicted molar refractivity (Wildman–Crippen MR) is 67.2 cm³/mol. The quantitative estimate of drug-likeness (QED) is 0.866. The van der Waals surface area contributed by atoms with Gasteiger partial charge in [0.2, 0.25) is 5.82 Å². The van der Waals surface area contributed by atoms with Gasteiger partial charge in [0.25, 0.3) is 0 Å². The SMILES string of the molecule is COc1c(Br)cc(-c2cc(N)n(C)n2)c(F)c1F. The molecule has 0 aliphatic heterocycles. The standard InChI is InChI=1S/C11H10BrF2N3O/c1-17-8(15)4-7(16-17)5-3-6(12)11(18-2)10(14)9(5)13/h3-4H,15H2,1-2H3. The number of rotatable bonds is 2. The number of nitrogens with two attached hydrogens (primary N) is 1. The van der Waals surface area contributed by atoms with Crippen molar-refractivity contribution in [2.45, 2.75) is 0 Å². The van der Waals surface area contributed by atoms with Crippen LogP contribution in [0.4, 0.5) is 14.6 Å². The zero-order valence-electron chi connectivity index (χ0n) is 9.67. The number of ether oxygens (including phenoxy) is 1. The van der Waals surface area contributed by atoms with E-state index in [1.54, 1.807) is 7.05 Å². The molecule has 96 valence electrons. The summed E-state index contributed by atoms with van der Waals surface area (Å²) in [4.78, 5) is 0. The first kappa shape index (κ1) is 12.8. The summed E-state index contributed by atoms with van der Waals surface area (Å²) < 4.78 is 34.1. The minimum Gasteiger partial charge on any atom is -0.492 e. The number of nitrogens with zero attached hydrogens (tertiary/aromatic N) is 2. The van der Waals surface area contributed by atoms with Gasteiger partial charge in [0.05, 0.1) is 17.3 Å². The number of methoxy groups -OCH3 is 1. The van der Waals surface area contributed by atoms with Gasteiger partial charge in [-0.1, -0.05) is 0 Å². The Morgan fingerprint density at radius 3 is 2.50 bits per heavy atom. The van der Waals surface area contributed by atoms with E-state index in [0.717, 1.165) is 0 Å². The highest BCUT2D eigenvalue weighted by molar-refractivity contribution is 9.10. The largest absolute Gasteiger partial charge is 0.492 e. The maximum Gasteiger partial charge on any atom is 0.202 e. The first-order valence-corrected chi connectivity index (χ1v) is 5.76. The number of aryl methyl sites for hydroxylation is 1. The Labute approximate surface area is 110 Å². The van der Waals surface area contributed by atoms with Gasteiger partial charge in [-0.25, -0.2) is 4.39 Å². The molecule has 4 nitrogen and oxygen atoms in total. The molecular weight excluding hydrogens is 308 g/mol. The Balaban J connectivity index is 2.66. The van der Waals surface area contributed by atoms with Gasteiger partial charge in [0, 0.05) is 18.7 Å². The van der Waals surface area contributed by atoms with E-state index >= 15 is 0 Å². The molecule has 0 saturated carbocycles. The van der Waals surface area contributed by atoms with Crippen molar-refractivity contribution < 1.29 is 13.5 Å². The van der Waals surface area contributed by atoms with Crippen molar-refractivity contribution in [2.24, 2.45) is 7.05 Å². The summed E-state index contributed by atoms with van der Waals surface area (Å²) in [6.07, 6.45) is 0. The Kier molecular flexibility index (Phi) is 3.25. The van der Waals surface area contributed by atoms with Gasteiger partial charge in [-0.05, 0) is 22.0 Å². The van der Waals surface area contributed by atoms with E-state index in [1.165, 1.54) is 23.9 Å². The Bertz CT molecular complexity index is 593. The lowest BCUT2D eigenvalue weighted by molar-refractivity contribution is 0.369. The van der Waals surface area contributed by atoms with Crippen molar-refractivity contribution in [1.29, 1.82) is 0 Å². The smallest absolute Gasteiger partial charge is 0.202 e. The van der Waals surface area contributed by atoms with Crippen molar-refractivity contribution in [3.63, 3.8) is 0 Å². The average Bonchev–Trinajstić information content (AvgIpc) is 2.65. The third-order valence-electron chi connectivity index (χ3n) is 2.51. The molecule has 18 heavy (non-hydrogen) atoms. The molecular formula is C11H10BrF2N3O. The Morgan fingerprint density at radius 1 is 1.33 bits per heavy atom. The van der Waals surface area contributed by atoms with Crippen molar-refractivity contribution in [3.8, 4) is 17.0 Å². The van der Waals surface area contributed by atoms with Crippen LogP contribution < -0.4 is 10.5 Å². The molecule has 0 aliphatic rings. The number of nitrogen functional groups attached to an aromatic ring is 1. The van der Waals surface area contributed by atoms with Crippen LogP contribution in [0.1, 0.15) is 0 Å². The summed E-state index contributed by atoms with van der Waals surface area (Å²) in [5.41, 5.74) is 5.89. The predicted octanol–water partition coefficient (Wildman–Crippen LogP) is 2.72. The van der Waals surface area contributed by atoms with Crippen LogP contribution in [0.25, 0.3) is 11.3 Å². The van der Waals surface area contributed by atoms with Crippen molar-refractivity contribution in [2.75, 3.05) is 12.8 Å². The second-order valence-corrected chi connectivity index (χ2v) is 4.50. The summed E-state index contributed by atoms with van der Waals surface area (Å²) in [5, 5.41) is 4.00. The number of benzene rings is 1. The van der Waals surface area contributed by atoms with E-state index in [-0.39, 0.29) is 17.0 Å². The molecule has 1 heterocycles. The van der Waals surface area contributed by atoms with E-state index in [4.69, 9.17) is 10.5 Å². The van der Waals surface area contributed by atoms with Crippen molar-refractivity contribution >= 4 is 21.7 Å². The minimum atomic E-state index is -1.06. The van der Waals surface area contributed by atoms with Crippen LogP contribution in [0.5, 0.6) is 5.75 Å². The number of hydrogen-bond donors (Lipinski definition) is 1. The van der Waals surface area contributed by atoms with Crippen LogP contribution in [0.2, 0.25) is 0 Å². The lowest BCUT2D eigenvalue weighted by atomic mass is 10.1. The molecule has 0 bridgehead atoms. The minimum absolute atomic E-state index is 0.0208. The molecule has 2 N–H and O–H groups in total. The van der Waals surface area contributed by atoms with Crippen LogP contribution in [-0.2, 0) is 7.05 Å². The molecule has 7 heteroatoms. The zero-order chi connectivity index (χ0) is 13.4. The molecule has 1 aromatic heterocycles. The molecule has 0 spiro atoms. The highest BCUT2D eigenvalue weighted by atomic mass is 79.9. The van der Waals surface area contributed by atoms with Gasteiger partial charge < -0.3 is 10.5 Å². The van der Waals surface area contributed by atoms with Crippen LogP contribution in [0.15, 0.2) is 16.6 Å². The van der Waals surface area contributed by atoms with Gasteiger partial charge in [-0.2, -0.15) is 9.49 Å². The molecule has 0 radical (unpaired) electrons. The first-order chi connectivity index (χ1) is 8.45. The highest BCUT2D eigenvalue weighted by Gasteiger charge is 2.20. The van der Waals surface area contributed by atoms with Gasteiger partial charge in [-0.15, -0.1) is 0 Å². The van der Waals surface area contributed by atoms with Crippen LogP contribution in [0.3, 0.4) is 0 Å². The van der Waals surface area contributed by atoms with E-state index < -0.39 is 11.6 Å².